The molecule has 2 aromatic carbocycles. The van der Waals surface area contributed by atoms with Crippen molar-refractivity contribution in [3.63, 3.8) is 0 Å². The van der Waals surface area contributed by atoms with Crippen molar-refractivity contribution < 1.29 is 4.79 Å². The number of rotatable bonds is 10. The molecule has 4 heterocycles. The van der Waals surface area contributed by atoms with Gasteiger partial charge < -0.3 is 20.2 Å². The number of aryl methyl sites for hydroxylation is 2. The van der Waals surface area contributed by atoms with Gasteiger partial charge in [-0.25, -0.2) is 0 Å². The summed E-state index contributed by atoms with van der Waals surface area (Å²) in [4.78, 5) is 21.5. The van der Waals surface area contributed by atoms with Crippen LogP contribution in [0.3, 0.4) is 0 Å². The van der Waals surface area contributed by atoms with Crippen LogP contribution in [0.15, 0.2) is 85.2 Å². The minimum absolute atomic E-state index is 0.0519. The number of carbonyl (C=O) groups excluding carboxylic acids is 1. The van der Waals surface area contributed by atoms with E-state index in [1.54, 1.807) is 0 Å². The van der Waals surface area contributed by atoms with Crippen LogP contribution < -0.4 is 10.6 Å². The zero-order chi connectivity index (χ0) is 27.1. The second-order valence-corrected chi connectivity index (χ2v) is 10.5. The highest BCUT2D eigenvalue weighted by Crippen LogP contribution is 2.26. The summed E-state index contributed by atoms with van der Waals surface area (Å²) in [7, 11) is 0. The summed E-state index contributed by atoms with van der Waals surface area (Å²) in [5.74, 6) is 1.66. The van der Waals surface area contributed by atoms with E-state index in [1.165, 1.54) is 5.56 Å². The van der Waals surface area contributed by atoms with Crippen LogP contribution in [0, 0.1) is 5.92 Å². The normalized spacial score (nSPS) is 16.1. The van der Waals surface area contributed by atoms with E-state index in [1.807, 2.05) is 48.8 Å². The molecule has 0 spiro atoms. The first-order chi connectivity index (χ1) is 19.7. The van der Waals surface area contributed by atoms with E-state index in [4.69, 9.17) is 5.10 Å². The fraction of sp³-hybridized carbons (Fsp3) is 0.312. The summed E-state index contributed by atoms with van der Waals surface area (Å²) >= 11 is 0. The van der Waals surface area contributed by atoms with Gasteiger partial charge >= 0.3 is 0 Å². The lowest BCUT2D eigenvalue weighted by atomic mass is 9.97. The topological polar surface area (TPSA) is 101 Å². The molecule has 1 aliphatic heterocycles. The number of aromatic amines is 1. The number of hydrogen-bond donors (Lipinski definition) is 3. The van der Waals surface area contributed by atoms with Gasteiger partial charge in [0, 0.05) is 42.7 Å². The smallest absolute Gasteiger partial charge is 0.224 e. The Labute approximate surface area is 234 Å². The summed E-state index contributed by atoms with van der Waals surface area (Å²) in [6.45, 7) is 2.21. The quantitative estimate of drug-likeness (QED) is 0.247. The van der Waals surface area contributed by atoms with Gasteiger partial charge in [0.15, 0.2) is 5.82 Å². The van der Waals surface area contributed by atoms with Crippen LogP contribution in [0.1, 0.15) is 47.4 Å². The number of nitrogens with zero attached hydrogens (tertiary/aromatic N) is 4. The van der Waals surface area contributed by atoms with Crippen molar-refractivity contribution in [3.8, 4) is 0 Å². The zero-order valence-corrected chi connectivity index (χ0v) is 22.6. The molecule has 6 rings (SSSR count). The molecule has 1 amide bonds. The number of carbonyl (C=O) groups is 1. The third-order valence-corrected chi connectivity index (χ3v) is 7.78. The van der Waals surface area contributed by atoms with E-state index in [-0.39, 0.29) is 17.9 Å². The van der Waals surface area contributed by atoms with Crippen molar-refractivity contribution in [1.82, 2.24) is 35.4 Å². The average Bonchev–Trinajstić information content (AvgIpc) is 3.61. The monoisotopic (exact) mass is 533 g/mol. The highest BCUT2D eigenvalue weighted by Gasteiger charge is 2.28. The van der Waals surface area contributed by atoms with Crippen molar-refractivity contribution in [2.45, 2.75) is 44.7 Å². The first-order valence-corrected chi connectivity index (χ1v) is 14.2. The molecule has 8 nitrogen and oxygen atoms in total. The van der Waals surface area contributed by atoms with Gasteiger partial charge in [0.1, 0.15) is 5.82 Å². The molecule has 2 atom stereocenters. The Morgan fingerprint density at radius 1 is 1.00 bits per heavy atom. The van der Waals surface area contributed by atoms with Gasteiger partial charge in [0.2, 0.25) is 5.91 Å². The van der Waals surface area contributed by atoms with Crippen LogP contribution in [-0.2, 0) is 30.6 Å². The number of fused-ring (bicyclic) bond motifs is 1. The number of para-hydroxylation sites is 1. The van der Waals surface area contributed by atoms with E-state index in [2.05, 4.69) is 66.7 Å². The number of piperidine rings is 1. The van der Waals surface area contributed by atoms with Crippen molar-refractivity contribution in [2.75, 3.05) is 13.1 Å². The number of pyridine rings is 1. The van der Waals surface area contributed by atoms with Crippen molar-refractivity contribution in [3.05, 3.63) is 114 Å². The lowest BCUT2D eigenvalue weighted by Gasteiger charge is -2.26. The second kappa shape index (κ2) is 12.3. The minimum atomic E-state index is -0.338. The molecule has 3 N–H and O–H groups in total. The fourth-order valence-electron chi connectivity index (χ4n) is 5.61. The number of H-pyrrole nitrogens is 1. The highest BCUT2D eigenvalue weighted by atomic mass is 16.2. The number of nitrogens with one attached hydrogen (secondary N) is 3. The average molecular weight is 534 g/mol. The van der Waals surface area contributed by atoms with Crippen molar-refractivity contribution in [1.29, 1.82) is 0 Å². The molecule has 40 heavy (non-hydrogen) atoms. The van der Waals surface area contributed by atoms with Gasteiger partial charge in [-0.3, -0.25) is 9.78 Å². The number of hydrogen-bond acceptors (Lipinski definition) is 5. The van der Waals surface area contributed by atoms with Crippen LogP contribution in [0.25, 0.3) is 10.9 Å². The third-order valence-electron chi connectivity index (χ3n) is 7.78. The second-order valence-electron chi connectivity index (χ2n) is 10.5. The Morgan fingerprint density at radius 3 is 2.67 bits per heavy atom. The molecule has 0 aliphatic carbocycles. The molecule has 0 radical (unpaired) electrons. The summed E-state index contributed by atoms with van der Waals surface area (Å²) in [6, 6.07) is 24.3. The molecule has 1 fully saturated rings. The van der Waals surface area contributed by atoms with Gasteiger partial charge in [-0.1, -0.05) is 54.6 Å². The van der Waals surface area contributed by atoms with E-state index >= 15 is 0 Å². The summed E-state index contributed by atoms with van der Waals surface area (Å²) in [5, 5.41) is 17.3. The van der Waals surface area contributed by atoms with Crippen LogP contribution in [-0.4, -0.2) is 43.7 Å². The van der Waals surface area contributed by atoms with E-state index in [9.17, 15) is 4.79 Å². The molecule has 0 saturated carbocycles. The summed E-state index contributed by atoms with van der Waals surface area (Å²) in [5.41, 5.74) is 4.40. The standard InChI is InChI=1S/C32H35N7O/c40-32(24-11-8-17-33-20-24)36-29(19-25-21-35-28-14-5-4-13-27(25)28)31-38-37-30(16-15-23-9-2-1-3-10-23)39(31)22-26-12-6-7-18-34-26/h1-7,9-10,12-14,18,21,24,29,33,35H,8,11,15-17,19-20,22H2,(H,36,40). The number of aromatic nitrogens is 5. The Balaban J connectivity index is 1.35. The van der Waals surface area contributed by atoms with Gasteiger partial charge in [0.25, 0.3) is 0 Å². The molecule has 5 aromatic rings. The molecular weight excluding hydrogens is 498 g/mol. The lowest BCUT2D eigenvalue weighted by Crippen LogP contribution is -2.42. The zero-order valence-electron chi connectivity index (χ0n) is 22.6. The van der Waals surface area contributed by atoms with E-state index in [0.717, 1.165) is 66.0 Å². The predicted molar refractivity (Wildman–Crippen MR) is 156 cm³/mol. The Hall–Kier alpha value is -4.30. The number of benzene rings is 2. The molecular formula is C32H35N7O. The van der Waals surface area contributed by atoms with Gasteiger partial charge in [-0.2, -0.15) is 0 Å². The Kier molecular flexibility index (Phi) is 7.95. The van der Waals surface area contributed by atoms with Crippen molar-refractivity contribution in [2.24, 2.45) is 5.92 Å². The van der Waals surface area contributed by atoms with Crippen LogP contribution >= 0.6 is 0 Å². The summed E-state index contributed by atoms with van der Waals surface area (Å²) < 4.78 is 2.16. The van der Waals surface area contributed by atoms with E-state index in [0.29, 0.717) is 19.5 Å². The van der Waals surface area contributed by atoms with Crippen LogP contribution in [0.4, 0.5) is 0 Å². The molecule has 0 bridgehead atoms. The maximum atomic E-state index is 13.5. The minimum Gasteiger partial charge on any atom is -0.361 e. The maximum Gasteiger partial charge on any atom is 0.224 e. The number of amides is 1. The highest BCUT2D eigenvalue weighted by molar-refractivity contribution is 5.83. The summed E-state index contributed by atoms with van der Waals surface area (Å²) in [6.07, 6.45) is 7.95. The van der Waals surface area contributed by atoms with Gasteiger partial charge in [0.05, 0.1) is 24.2 Å². The van der Waals surface area contributed by atoms with Gasteiger partial charge in [-0.15, -0.1) is 10.2 Å². The SMILES string of the molecule is O=C(NC(Cc1c[nH]c2ccccc12)c1nnc(CCc2ccccc2)n1Cc1ccccn1)C1CCCNC1. The molecule has 204 valence electrons. The Bertz CT molecular complexity index is 1540. The first-order valence-electron chi connectivity index (χ1n) is 14.2. The maximum absolute atomic E-state index is 13.5. The van der Waals surface area contributed by atoms with Crippen LogP contribution in [0.2, 0.25) is 0 Å². The molecule has 1 saturated heterocycles. The molecule has 1 aliphatic rings. The lowest BCUT2D eigenvalue weighted by molar-refractivity contribution is -0.126. The van der Waals surface area contributed by atoms with E-state index < -0.39 is 0 Å². The molecule has 2 unspecified atom stereocenters. The third kappa shape index (κ3) is 5.97. The van der Waals surface area contributed by atoms with Crippen molar-refractivity contribution >= 4 is 16.8 Å². The molecule has 8 heteroatoms. The van der Waals surface area contributed by atoms with Gasteiger partial charge in [-0.05, 0) is 55.1 Å². The Morgan fingerprint density at radius 2 is 1.85 bits per heavy atom. The fourth-order valence-corrected chi connectivity index (χ4v) is 5.61. The largest absolute Gasteiger partial charge is 0.361 e. The molecule has 3 aromatic heterocycles. The van der Waals surface area contributed by atoms with Crippen LogP contribution in [0.5, 0.6) is 0 Å². The predicted octanol–water partition coefficient (Wildman–Crippen LogP) is 4.39. The first kappa shape index (κ1) is 26.0.